The van der Waals surface area contributed by atoms with E-state index in [0.29, 0.717) is 18.2 Å². The molecule has 7 aromatic rings. The molecule has 2 aromatic heterocycles. The number of nitrogens with zero attached hydrogens (tertiary/aromatic N) is 10. The lowest BCUT2D eigenvalue weighted by Crippen LogP contribution is -2.30. The van der Waals surface area contributed by atoms with Gasteiger partial charge >= 0.3 is 6.08 Å². The zero-order valence-corrected chi connectivity index (χ0v) is 41.1. The van der Waals surface area contributed by atoms with Crippen molar-refractivity contribution < 1.29 is 80.3 Å². The first-order valence-electron chi connectivity index (χ1n) is 20.2. The number of methoxy groups -OCH3 is 2. The molecule has 75 heavy (non-hydrogen) atoms. The van der Waals surface area contributed by atoms with Crippen LogP contribution >= 0.6 is 0 Å². The van der Waals surface area contributed by atoms with Crippen LogP contribution in [-0.2, 0) is 40.5 Å². The van der Waals surface area contributed by atoms with Gasteiger partial charge in [-0.25, -0.2) is 15.0 Å². The topological polar surface area (TPSA) is 461 Å². The van der Waals surface area contributed by atoms with Crippen molar-refractivity contribution in [1.29, 1.82) is 0 Å². The molecule has 7 rings (SSSR count). The van der Waals surface area contributed by atoms with E-state index in [1.807, 2.05) is 4.98 Å². The highest BCUT2D eigenvalue weighted by Crippen LogP contribution is 2.45. The van der Waals surface area contributed by atoms with Gasteiger partial charge in [-0.05, 0) is 73.0 Å². The summed E-state index contributed by atoms with van der Waals surface area (Å²) in [7, 11) is -17.3. The van der Waals surface area contributed by atoms with E-state index in [1.54, 1.807) is 0 Å². The van der Waals surface area contributed by atoms with Gasteiger partial charge < -0.3 is 25.0 Å². The number of azo groups is 2. The second-order valence-corrected chi connectivity index (χ2v) is 20.6. The SMILES string of the molecule is COc1cc(N=Nc2cc(S(=O)(=O)O)ccc2O)c(N=Nc2c(S(=O)(=O)O)cc3cc(Nc4nc(F)nc(=NC(C)CN=c5nc(F)[nH]c(=Nc6cc(S(=O)(=O)O)ccc6S(=O)(=O)O)[nH]5)[nH]4)ccc3c2O)cc1OC. The molecule has 30 nitrogen and oxygen atoms in total. The van der Waals surface area contributed by atoms with Gasteiger partial charge in [0, 0.05) is 23.2 Å². The molecule has 0 spiro atoms. The van der Waals surface area contributed by atoms with Crippen LogP contribution in [-0.4, -0.2) is 119 Å². The molecule has 0 aliphatic carbocycles. The number of hydrogen-bond acceptors (Lipinski definition) is 23. The third-order valence-corrected chi connectivity index (χ3v) is 13.2. The third kappa shape index (κ3) is 13.2. The second-order valence-electron chi connectivity index (χ2n) is 15.0. The van der Waals surface area contributed by atoms with Crippen LogP contribution < -0.4 is 31.6 Å². The molecule has 0 bridgehead atoms. The van der Waals surface area contributed by atoms with Crippen LogP contribution in [0.4, 0.5) is 48.9 Å². The number of anilines is 2. The zero-order chi connectivity index (χ0) is 54.8. The van der Waals surface area contributed by atoms with Crippen LogP contribution in [0, 0.1) is 12.2 Å². The molecule has 2 heterocycles. The molecule has 0 fully saturated rings. The van der Waals surface area contributed by atoms with E-state index in [2.05, 4.69) is 65.7 Å². The molecule has 394 valence electrons. The minimum atomic E-state index is -5.20. The van der Waals surface area contributed by atoms with E-state index in [4.69, 9.17) is 9.47 Å². The summed E-state index contributed by atoms with van der Waals surface area (Å²) in [6.07, 6.45) is -2.62. The van der Waals surface area contributed by atoms with Crippen LogP contribution in [0.25, 0.3) is 10.8 Å². The Kier molecular flexibility index (Phi) is 15.3. The Labute approximate surface area is 418 Å². The van der Waals surface area contributed by atoms with Crippen molar-refractivity contribution in [3.8, 4) is 23.0 Å². The van der Waals surface area contributed by atoms with Crippen LogP contribution in [0.15, 0.2) is 128 Å². The van der Waals surface area contributed by atoms with Gasteiger partial charge in [-0.2, -0.15) is 57.4 Å². The Morgan fingerprint density at radius 2 is 1.24 bits per heavy atom. The Bertz CT molecular complexity index is 4210. The van der Waals surface area contributed by atoms with Gasteiger partial charge in [-0.3, -0.25) is 33.2 Å². The molecule has 36 heteroatoms. The summed E-state index contributed by atoms with van der Waals surface area (Å²) < 4.78 is 175. The van der Waals surface area contributed by atoms with Crippen molar-refractivity contribution >= 4 is 91.3 Å². The number of benzene rings is 5. The normalized spacial score (nSPS) is 13.8. The maximum absolute atomic E-state index is 14.8. The van der Waals surface area contributed by atoms with E-state index in [9.17, 15) is 70.9 Å². The fourth-order valence-electron chi connectivity index (χ4n) is 6.39. The van der Waals surface area contributed by atoms with Gasteiger partial charge in [0.1, 0.15) is 38.3 Å². The largest absolute Gasteiger partial charge is 0.506 e. The number of halogens is 2. The van der Waals surface area contributed by atoms with Crippen molar-refractivity contribution in [2.45, 2.75) is 32.5 Å². The average molecular weight is 1120 g/mol. The number of fused-ring (bicyclic) bond motifs is 1. The second kappa shape index (κ2) is 21.1. The quantitative estimate of drug-likeness (QED) is 0.0473. The summed E-state index contributed by atoms with van der Waals surface area (Å²) in [5.41, 5.74) is -3.70. The van der Waals surface area contributed by atoms with E-state index in [1.165, 1.54) is 51.5 Å². The molecular weight excluding hydrogens is 1090 g/mol. The number of ether oxygens (including phenoxy) is 2. The molecule has 0 aliphatic heterocycles. The molecule has 1 unspecified atom stereocenters. The van der Waals surface area contributed by atoms with E-state index < -0.39 is 118 Å². The lowest BCUT2D eigenvalue weighted by Gasteiger charge is -2.12. The van der Waals surface area contributed by atoms with E-state index >= 15 is 0 Å². The molecule has 0 aliphatic rings. The highest BCUT2D eigenvalue weighted by Gasteiger charge is 2.24. The van der Waals surface area contributed by atoms with Crippen LogP contribution in [0.3, 0.4) is 0 Å². The Morgan fingerprint density at radius 3 is 1.85 bits per heavy atom. The summed E-state index contributed by atoms with van der Waals surface area (Å²) in [6.45, 7) is 1.16. The Morgan fingerprint density at radius 1 is 0.640 bits per heavy atom. The highest BCUT2D eigenvalue weighted by molar-refractivity contribution is 7.86. The van der Waals surface area contributed by atoms with Crippen molar-refractivity contribution in [2.24, 2.45) is 35.4 Å². The fraction of sp³-hybridized carbons (Fsp3) is 0.128. The molecule has 0 radical (unpaired) electrons. The minimum Gasteiger partial charge on any atom is -0.506 e. The van der Waals surface area contributed by atoms with Crippen LogP contribution in [0.1, 0.15) is 6.92 Å². The first kappa shape index (κ1) is 54.3. The number of nitrogens with one attached hydrogen (secondary N) is 4. The van der Waals surface area contributed by atoms with Crippen molar-refractivity contribution in [3.05, 3.63) is 102 Å². The maximum Gasteiger partial charge on any atom is 0.315 e. The molecule has 5 aromatic carbocycles. The average Bonchev–Trinajstić information content (AvgIpc) is 3.31. The van der Waals surface area contributed by atoms with Gasteiger partial charge in [0.2, 0.25) is 22.8 Å². The fourth-order valence-corrected chi connectivity index (χ4v) is 8.65. The zero-order valence-electron chi connectivity index (χ0n) is 37.8. The summed E-state index contributed by atoms with van der Waals surface area (Å²) >= 11 is 0. The third-order valence-electron chi connectivity index (χ3n) is 9.71. The first-order chi connectivity index (χ1) is 35.1. The van der Waals surface area contributed by atoms with Gasteiger partial charge in [-0.15, -0.1) is 20.5 Å². The van der Waals surface area contributed by atoms with Crippen molar-refractivity contribution in [1.82, 2.24) is 29.9 Å². The van der Waals surface area contributed by atoms with Crippen LogP contribution in [0.5, 0.6) is 23.0 Å². The van der Waals surface area contributed by atoms with Gasteiger partial charge in [0.25, 0.3) is 46.6 Å². The highest BCUT2D eigenvalue weighted by atomic mass is 32.2. The maximum atomic E-state index is 14.8. The van der Waals surface area contributed by atoms with Gasteiger partial charge in [0.05, 0.1) is 42.3 Å². The Hall–Kier alpha value is -8.52. The molecule has 0 saturated carbocycles. The number of aromatic hydroxyl groups is 2. The minimum absolute atomic E-state index is 0.0342. The standard InChI is InChI=1S/C39H34F2N14O16S4/c1-17(16-42-36-46-34(40)49-39(50-36)45-26-13-21(73(61,62)63)6-9-30(26)74(64,65)66)43-37-47-35(41)48-38(51-37)44-19-4-7-22-18(10-19)11-31(75(67,68)69)32(33(22)57)55-53-24-15-29(71-3)28(70-2)14-23(24)52-54-25-12-20(72(58,59)60)5-8-27(25)56/h4-15,17,56-57H,16H2,1-3H3,(H,58,59,60)(H,61,62,63)(H,64,65,66)(H,67,68,69)(H2,42,45,46,49,50)(H2,43,44,47,48,51). The number of aromatic amines is 3. The Balaban J connectivity index is 1.17. The lowest BCUT2D eigenvalue weighted by molar-refractivity contribution is 0.355. The number of H-pyrrole nitrogens is 3. The van der Waals surface area contributed by atoms with Crippen LogP contribution in [0.2, 0.25) is 0 Å². The number of phenols is 2. The summed E-state index contributed by atoms with van der Waals surface area (Å²) in [5.74, 6) is -1.56. The lowest BCUT2D eigenvalue weighted by atomic mass is 10.1. The van der Waals surface area contributed by atoms with Gasteiger partial charge in [-0.1, -0.05) is 0 Å². The summed E-state index contributed by atoms with van der Waals surface area (Å²) in [5, 5.41) is 40.1. The monoisotopic (exact) mass is 1120 g/mol. The number of aromatic nitrogens is 6. The predicted molar refractivity (Wildman–Crippen MR) is 251 cm³/mol. The van der Waals surface area contributed by atoms with E-state index in [-0.39, 0.29) is 57.4 Å². The molecule has 0 amide bonds. The number of hydrogen-bond donors (Lipinski definition) is 10. The van der Waals surface area contributed by atoms with Crippen molar-refractivity contribution in [3.63, 3.8) is 0 Å². The molecule has 0 saturated heterocycles. The summed E-state index contributed by atoms with van der Waals surface area (Å²) in [4.78, 5) is 26.5. The molecule has 10 N–H and O–H groups in total. The summed E-state index contributed by atoms with van der Waals surface area (Å²) in [6, 6.07) is 10.9. The number of rotatable bonds is 16. The van der Waals surface area contributed by atoms with E-state index in [0.717, 1.165) is 24.3 Å². The molecule has 1 atom stereocenters. The number of phenolic OH excluding ortho intramolecular Hbond substituents is 2. The van der Waals surface area contributed by atoms with Gasteiger partial charge in [0.15, 0.2) is 17.2 Å². The predicted octanol–water partition coefficient (Wildman–Crippen LogP) is 4.40. The molecular formula is C39H34F2N14O16S4. The van der Waals surface area contributed by atoms with Crippen molar-refractivity contribution in [2.75, 3.05) is 26.1 Å². The first-order valence-corrected chi connectivity index (χ1v) is 26.0. The smallest absolute Gasteiger partial charge is 0.315 e.